The van der Waals surface area contributed by atoms with Gasteiger partial charge < -0.3 is 19.6 Å². The maximum atomic E-state index is 13.0. The molecule has 0 unspecified atom stereocenters. The minimum absolute atomic E-state index is 0.0816. The van der Waals surface area contributed by atoms with Crippen molar-refractivity contribution in [2.75, 3.05) is 7.11 Å². The Hall–Kier alpha value is -4.33. The van der Waals surface area contributed by atoms with Crippen molar-refractivity contribution < 1.29 is 19.1 Å². The maximum Gasteiger partial charge on any atom is 0.259 e. The number of benzene rings is 3. The zero-order valence-corrected chi connectivity index (χ0v) is 17.4. The summed E-state index contributed by atoms with van der Waals surface area (Å²) in [6, 6.07) is 11.3. The quantitative estimate of drug-likeness (QED) is 0.433. The Labute approximate surface area is 181 Å². The monoisotopic (exact) mass is 426 g/mol. The van der Waals surface area contributed by atoms with Crippen molar-refractivity contribution in [2.45, 2.75) is 6.54 Å². The lowest BCUT2D eigenvalue weighted by Gasteiger charge is -2.12. The Bertz CT molecular complexity index is 1690. The number of nitrogens with zero attached hydrogens (tertiary/aromatic N) is 2. The molecule has 0 aliphatic carbocycles. The highest BCUT2D eigenvalue weighted by atomic mass is 16.5. The van der Waals surface area contributed by atoms with Crippen LogP contribution in [0.15, 0.2) is 42.6 Å². The highest BCUT2D eigenvalue weighted by Crippen LogP contribution is 2.44. The summed E-state index contributed by atoms with van der Waals surface area (Å²) in [4.78, 5) is 38.1. The van der Waals surface area contributed by atoms with Crippen LogP contribution >= 0.6 is 0 Å². The molecule has 6 rings (SSSR count). The topological polar surface area (TPSA) is 108 Å². The van der Waals surface area contributed by atoms with E-state index in [0.717, 1.165) is 21.7 Å². The molecule has 8 heteroatoms. The van der Waals surface area contributed by atoms with E-state index in [2.05, 4.69) is 5.32 Å². The van der Waals surface area contributed by atoms with Crippen LogP contribution in [0.5, 0.6) is 5.75 Å². The lowest BCUT2D eigenvalue weighted by Crippen LogP contribution is -2.20. The summed E-state index contributed by atoms with van der Waals surface area (Å²) in [7, 11) is 3.46. The molecule has 0 saturated carbocycles. The number of methoxy groups -OCH3 is 1. The summed E-state index contributed by atoms with van der Waals surface area (Å²) in [5.74, 6) is -0.773. The first kappa shape index (κ1) is 18.4. The Morgan fingerprint density at radius 1 is 1.00 bits per heavy atom. The fourth-order valence-corrected chi connectivity index (χ4v) is 5.08. The van der Waals surface area contributed by atoms with Crippen LogP contribution in [0, 0.1) is 0 Å². The molecular weight excluding hydrogens is 408 g/mol. The molecule has 1 aliphatic rings. The van der Waals surface area contributed by atoms with Crippen LogP contribution in [0.1, 0.15) is 20.7 Å². The van der Waals surface area contributed by atoms with E-state index in [0.29, 0.717) is 38.7 Å². The van der Waals surface area contributed by atoms with E-state index < -0.39 is 17.7 Å². The van der Waals surface area contributed by atoms with Gasteiger partial charge in [0, 0.05) is 46.2 Å². The molecule has 0 radical (unpaired) electrons. The van der Waals surface area contributed by atoms with Gasteiger partial charge in [-0.3, -0.25) is 19.7 Å². The number of aryl methyl sites for hydroxylation is 1. The second-order valence-corrected chi connectivity index (χ2v) is 8.04. The third-order valence-corrected chi connectivity index (χ3v) is 6.31. The van der Waals surface area contributed by atoms with Gasteiger partial charge >= 0.3 is 0 Å². The number of fused-ring (bicyclic) bond motifs is 10. The van der Waals surface area contributed by atoms with Crippen LogP contribution in [0.2, 0.25) is 0 Å². The van der Waals surface area contributed by atoms with E-state index >= 15 is 0 Å². The smallest absolute Gasteiger partial charge is 0.259 e. The average molecular weight is 426 g/mol. The van der Waals surface area contributed by atoms with E-state index in [1.54, 1.807) is 13.2 Å². The van der Waals surface area contributed by atoms with Crippen molar-refractivity contribution in [3.8, 4) is 5.75 Å². The molecule has 3 amide bonds. The van der Waals surface area contributed by atoms with Crippen molar-refractivity contribution in [1.82, 2.24) is 14.5 Å². The van der Waals surface area contributed by atoms with Crippen LogP contribution in [0.25, 0.3) is 43.5 Å². The number of rotatable bonds is 3. The first-order valence-electron chi connectivity index (χ1n) is 10.1. The molecule has 32 heavy (non-hydrogen) atoms. The van der Waals surface area contributed by atoms with Crippen LogP contribution in [0.3, 0.4) is 0 Å². The van der Waals surface area contributed by atoms with E-state index in [1.165, 1.54) is 0 Å². The fourth-order valence-electron chi connectivity index (χ4n) is 5.08. The highest BCUT2D eigenvalue weighted by molar-refractivity contribution is 6.39. The molecule has 0 spiro atoms. The summed E-state index contributed by atoms with van der Waals surface area (Å²) in [5.41, 5.74) is 8.53. The van der Waals surface area contributed by atoms with E-state index in [1.807, 2.05) is 52.7 Å². The van der Waals surface area contributed by atoms with Gasteiger partial charge in [-0.15, -0.1) is 0 Å². The predicted octanol–water partition coefficient (Wildman–Crippen LogP) is 2.82. The Kier molecular flexibility index (Phi) is 3.52. The largest absolute Gasteiger partial charge is 0.497 e. The number of nitrogens with one attached hydrogen (secondary N) is 1. The van der Waals surface area contributed by atoms with Gasteiger partial charge in [-0.25, -0.2) is 0 Å². The summed E-state index contributed by atoms with van der Waals surface area (Å²) in [6.45, 7) is -0.0816. The minimum Gasteiger partial charge on any atom is -0.497 e. The van der Waals surface area contributed by atoms with Crippen molar-refractivity contribution in [2.24, 2.45) is 12.8 Å². The number of amides is 3. The van der Waals surface area contributed by atoms with E-state index in [4.69, 9.17) is 10.5 Å². The van der Waals surface area contributed by atoms with Gasteiger partial charge in [-0.2, -0.15) is 0 Å². The third-order valence-electron chi connectivity index (χ3n) is 6.31. The molecule has 0 fully saturated rings. The summed E-state index contributed by atoms with van der Waals surface area (Å²) in [6.07, 6.45) is 1.92. The van der Waals surface area contributed by atoms with Crippen molar-refractivity contribution >= 4 is 61.2 Å². The first-order valence-corrected chi connectivity index (χ1v) is 10.1. The average Bonchev–Trinajstić information content (AvgIpc) is 3.39. The molecule has 1 aliphatic heterocycles. The summed E-state index contributed by atoms with van der Waals surface area (Å²) < 4.78 is 9.14. The number of carbonyl (C=O) groups excluding carboxylic acids is 3. The minimum atomic E-state index is -0.513. The fraction of sp³-hybridized carbons (Fsp3) is 0.125. The molecule has 3 aromatic carbocycles. The van der Waals surface area contributed by atoms with Gasteiger partial charge in [0.25, 0.3) is 11.8 Å². The second kappa shape index (κ2) is 6.10. The number of carbonyl (C=O) groups is 3. The highest BCUT2D eigenvalue weighted by Gasteiger charge is 2.35. The molecule has 8 nitrogen and oxygen atoms in total. The number of nitrogens with two attached hydrogens (primary N) is 1. The van der Waals surface area contributed by atoms with Gasteiger partial charge in [0.1, 0.15) is 12.3 Å². The molecule has 0 atom stereocenters. The molecule has 158 valence electrons. The van der Waals surface area contributed by atoms with E-state index in [-0.39, 0.29) is 6.54 Å². The molecule has 3 N–H and O–H groups in total. The standard InChI is InChI=1S/C24H18N4O4/c1-27-8-7-11-3-5-14-18(21(11)27)20-19(23(30)26-24(20)31)17-13-6-4-12(32-2)9-15(13)28(22(14)17)10-16(25)29/h3-9H,10H2,1-2H3,(H2,25,29)(H,26,30,31). The molecular formula is C24H18N4O4. The van der Waals surface area contributed by atoms with Crippen LogP contribution in [-0.2, 0) is 18.4 Å². The predicted molar refractivity (Wildman–Crippen MR) is 121 cm³/mol. The first-order chi connectivity index (χ1) is 15.4. The van der Waals surface area contributed by atoms with Crippen LogP contribution in [-0.4, -0.2) is 34.0 Å². The Morgan fingerprint density at radius 2 is 1.69 bits per heavy atom. The lowest BCUT2D eigenvalue weighted by atomic mass is 9.93. The molecule has 3 heterocycles. The van der Waals surface area contributed by atoms with Gasteiger partial charge in [0.15, 0.2) is 0 Å². The Morgan fingerprint density at radius 3 is 2.38 bits per heavy atom. The van der Waals surface area contributed by atoms with Crippen molar-refractivity contribution in [3.63, 3.8) is 0 Å². The van der Waals surface area contributed by atoms with Gasteiger partial charge in [0.2, 0.25) is 5.91 Å². The number of hydrogen-bond donors (Lipinski definition) is 2. The summed E-state index contributed by atoms with van der Waals surface area (Å²) in [5, 5.41) is 6.25. The number of primary amides is 1. The van der Waals surface area contributed by atoms with Gasteiger partial charge in [0.05, 0.1) is 34.8 Å². The van der Waals surface area contributed by atoms with Crippen LogP contribution in [0.4, 0.5) is 0 Å². The van der Waals surface area contributed by atoms with Crippen LogP contribution < -0.4 is 15.8 Å². The van der Waals surface area contributed by atoms with Crippen molar-refractivity contribution in [3.05, 3.63) is 53.7 Å². The number of imide groups is 1. The maximum absolute atomic E-state index is 13.0. The lowest BCUT2D eigenvalue weighted by molar-refractivity contribution is -0.118. The molecule has 0 saturated heterocycles. The zero-order valence-electron chi connectivity index (χ0n) is 17.4. The third kappa shape index (κ3) is 2.18. The van der Waals surface area contributed by atoms with Gasteiger partial charge in [-0.05, 0) is 18.2 Å². The number of hydrogen-bond acceptors (Lipinski definition) is 4. The second-order valence-electron chi connectivity index (χ2n) is 8.04. The molecule has 5 aromatic rings. The molecule has 2 aromatic heterocycles. The molecule has 0 bridgehead atoms. The summed E-state index contributed by atoms with van der Waals surface area (Å²) >= 11 is 0. The number of ether oxygens (including phenoxy) is 1. The Balaban J connectivity index is 1.98. The van der Waals surface area contributed by atoms with Crippen molar-refractivity contribution in [1.29, 1.82) is 0 Å². The van der Waals surface area contributed by atoms with Gasteiger partial charge in [-0.1, -0.05) is 12.1 Å². The number of aromatic nitrogens is 2. The zero-order chi connectivity index (χ0) is 22.3. The SMILES string of the molecule is COc1ccc2c3c4c(c5c(ccc6ccn(C)c65)c3n(CC(N)=O)c2c1)C(=O)NC4=O. The van der Waals surface area contributed by atoms with E-state index in [9.17, 15) is 14.4 Å². The normalized spacial score (nSPS) is 13.4.